The predicted molar refractivity (Wildman–Crippen MR) is 101 cm³/mol. The van der Waals surface area contributed by atoms with Crippen molar-refractivity contribution in [3.8, 4) is 11.5 Å². The summed E-state index contributed by atoms with van der Waals surface area (Å²) in [5.74, 6) is 2.78. The maximum Gasteiger partial charge on any atom is 0.202 e. The molecule has 0 aliphatic carbocycles. The topological polar surface area (TPSA) is 45.6 Å². The number of ether oxygens (including phenoxy) is 2. The lowest BCUT2D eigenvalue weighted by atomic mass is 9.99. The van der Waals surface area contributed by atoms with Gasteiger partial charge in [-0.05, 0) is 42.8 Å². The van der Waals surface area contributed by atoms with Gasteiger partial charge in [0.1, 0.15) is 12.4 Å². The van der Waals surface area contributed by atoms with Crippen LogP contribution in [0.25, 0.3) is 0 Å². The molecule has 1 unspecified atom stereocenters. The van der Waals surface area contributed by atoms with Crippen molar-refractivity contribution < 1.29 is 14.4 Å². The Kier molecular flexibility index (Phi) is 5.00. The van der Waals surface area contributed by atoms with Gasteiger partial charge in [0.2, 0.25) is 4.77 Å². The minimum absolute atomic E-state index is 0.804. The average molecular weight is 376 g/mol. The van der Waals surface area contributed by atoms with Gasteiger partial charge in [0.05, 0.1) is 20.8 Å². The summed E-state index contributed by atoms with van der Waals surface area (Å²) in [6.07, 6.45) is 5.78. The molecule has 1 aromatic carbocycles. The minimum atomic E-state index is 0.804. The van der Waals surface area contributed by atoms with Gasteiger partial charge >= 0.3 is 0 Å². The van der Waals surface area contributed by atoms with E-state index in [0.29, 0.717) is 0 Å². The van der Waals surface area contributed by atoms with Gasteiger partial charge < -0.3 is 18.9 Å². The van der Waals surface area contributed by atoms with Crippen molar-refractivity contribution in [2.24, 2.45) is 0 Å². The van der Waals surface area contributed by atoms with E-state index in [1.54, 1.807) is 14.2 Å². The highest BCUT2D eigenvalue weighted by molar-refractivity contribution is 7.71. The molecule has 7 heteroatoms. The minimum Gasteiger partial charge on any atom is -0.493 e. The Bertz CT molecular complexity index is 858. The van der Waals surface area contributed by atoms with E-state index in [1.165, 1.54) is 35.3 Å². The zero-order chi connectivity index (χ0) is 18.1. The van der Waals surface area contributed by atoms with Crippen LogP contribution in [0.4, 0.5) is 0 Å². The van der Waals surface area contributed by atoms with E-state index in [2.05, 4.69) is 16.7 Å². The van der Waals surface area contributed by atoms with Crippen LogP contribution in [-0.2, 0) is 32.6 Å². The van der Waals surface area contributed by atoms with Gasteiger partial charge in [0.15, 0.2) is 18.2 Å². The Hall–Kier alpha value is -1.86. The van der Waals surface area contributed by atoms with Gasteiger partial charge in [-0.2, -0.15) is 9.78 Å². The maximum atomic E-state index is 5.70. The first kappa shape index (κ1) is 17.5. The van der Waals surface area contributed by atoms with Crippen molar-refractivity contribution in [2.75, 3.05) is 20.8 Å². The van der Waals surface area contributed by atoms with Crippen LogP contribution < -0.4 is 14.4 Å². The lowest BCUT2D eigenvalue weighted by Crippen LogP contribution is -3.11. The highest BCUT2D eigenvalue weighted by atomic mass is 32.1. The number of benzene rings is 1. The van der Waals surface area contributed by atoms with Gasteiger partial charge in [0, 0.05) is 24.9 Å². The summed E-state index contributed by atoms with van der Waals surface area (Å²) in [5, 5.41) is 4.83. The average Bonchev–Trinajstić information content (AvgIpc) is 2.83. The van der Waals surface area contributed by atoms with E-state index in [0.717, 1.165) is 61.2 Å². The number of nitrogens with one attached hydrogen (secondary N) is 1. The van der Waals surface area contributed by atoms with Crippen molar-refractivity contribution in [3.63, 3.8) is 0 Å². The Morgan fingerprint density at radius 3 is 2.62 bits per heavy atom. The Morgan fingerprint density at radius 1 is 1.08 bits per heavy atom. The lowest BCUT2D eigenvalue weighted by molar-refractivity contribution is -0.939. The fourth-order valence-corrected chi connectivity index (χ4v) is 4.41. The van der Waals surface area contributed by atoms with Crippen LogP contribution in [-0.4, -0.2) is 35.1 Å². The molecule has 2 aliphatic rings. The fraction of sp³-hybridized carbons (Fsp3) is 0.579. The predicted octanol–water partition coefficient (Wildman–Crippen LogP) is 1.76. The molecule has 0 spiro atoms. The molecule has 0 bridgehead atoms. The van der Waals surface area contributed by atoms with Crippen molar-refractivity contribution >= 4 is 12.2 Å². The molecule has 1 atom stereocenters. The van der Waals surface area contributed by atoms with Crippen LogP contribution in [0.1, 0.15) is 36.2 Å². The fourth-order valence-electron chi connectivity index (χ4n) is 4.10. The lowest BCUT2D eigenvalue weighted by Gasteiger charge is -2.26. The number of hydrogen-bond donors (Lipinski definition) is 1. The molecule has 1 aromatic heterocycles. The van der Waals surface area contributed by atoms with Gasteiger partial charge in [0.25, 0.3) is 0 Å². The summed E-state index contributed by atoms with van der Waals surface area (Å²) < 4.78 is 16.1. The van der Waals surface area contributed by atoms with Gasteiger partial charge in [-0.3, -0.25) is 0 Å². The molecule has 3 heterocycles. The first-order chi connectivity index (χ1) is 12.7. The van der Waals surface area contributed by atoms with Crippen molar-refractivity contribution in [2.45, 2.75) is 51.9 Å². The molecule has 26 heavy (non-hydrogen) atoms. The number of aromatic nitrogens is 3. The van der Waals surface area contributed by atoms with E-state index in [1.807, 2.05) is 4.68 Å². The smallest absolute Gasteiger partial charge is 0.202 e. The van der Waals surface area contributed by atoms with Crippen LogP contribution in [0.5, 0.6) is 11.5 Å². The largest absolute Gasteiger partial charge is 0.493 e. The number of hydrogen-bond acceptors (Lipinski definition) is 4. The SMILES string of the molecule is COc1cc2c(cc1OC)C[NH+](Cn1nc3n(c1=S)CCCCC3)CC2. The summed E-state index contributed by atoms with van der Waals surface area (Å²) in [5.41, 5.74) is 2.69. The molecule has 0 saturated carbocycles. The quantitative estimate of drug-likeness (QED) is 0.827. The van der Waals surface area contributed by atoms with E-state index in [-0.39, 0.29) is 0 Å². The standard InChI is InChI=1S/C19H26N4O2S/c1-24-16-10-14-7-9-21(12-15(14)11-17(16)25-2)13-23-19(26)22-8-5-3-4-6-18(22)20-23/h10-11H,3-9,12-13H2,1-2H3/p+1. The molecule has 0 radical (unpaired) electrons. The second-order valence-corrected chi connectivity index (χ2v) is 7.59. The number of rotatable bonds is 4. The molecule has 2 aliphatic heterocycles. The Labute approximate surface area is 159 Å². The summed E-state index contributed by atoms with van der Waals surface area (Å²) in [4.78, 5) is 1.48. The van der Waals surface area contributed by atoms with Crippen LogP contribution in [0.3, 0.4) is 0 Å². The van der Waals surface area contributed by atoms with Crippen molar-refractivity contribution in [1.29, 1.82) is 0 Å². The third kappa shape index (κ3) is 3.25. The van der Waals surface area contributed by atoms with Gasteiger partial charge in [-0.1, -0.05) is 6.42 Å². The molecule has 0 fully saturated rings. The van der Waals surface area contributed by atoms with Crippen molar-refractivity contribution in [3.05, 3.63) is 33.9 Å². The maximum absolute atomic E-state index is 5.70. The highest BCUT2D eigenvalue weighted by Crippen LogP contribution is 2.31. The van der Waals surface area contributed by atoms with E-state index < -0.39 is 0 Å². The molecule has 140 valence electrons. The molecule has 1 N–H and O–H groups in total. The second-order valence-electron chi connectivity index (χ2n) is 7.22. The van der Waals surface area contributed by atoms with E-state index >= 15 is 0 Å². The third-order valence-corrected chi connectivity index (χ3v) is 5.98. The monoisotopic (exact) mass is 375 g/mol. The second kappa shape index (κ2) is 7.40. The van der Waals surface area contributed by atoms with E-state index in [4.69, 9.17) is 26.8 Å². The molecular weight excluding hydrogens is 348 g/mol. The summed E-state index contributed by atoms with van der Waals surface area (Å²) in [6.45, 7) is 3.88. The molecule has 4 rings (SSSR count). The number of nitrogens with zero attached hydrogens (tertiary/aromatic N) is 3. The molecule has 0 saturated heterocycles. The third-order valence-electron chi connectivity index (χ3n) is 5.55. The number of quaternary nitrogens is 1. The van der Waals surface area contributed by atoms with E-state index in [9.17, 15) is 0 Å². The highest BCUT2D eigenvalue weighted by Gasteiger charge is 2.24. The summed E-state index contributed by atoms with van der Waals surface area (Å²) >= 11 is 5.70. The van der Waals surface area contributed by atoms with Crippen LogP contribution in [0.2, 0.25) is 0 Å². The normalized spacial score (nSPS) is 19.4. The number of methoxy groups -OCH3 is 2. The Morgan fingerprint density at radius 2 is 1.85 bits per heavy atom. The van der Waals surface area contributed by atoms with Crippen LogP contribution in [0, 0.1) is 4.77 Å². The van der Waals surface area contributed by atoms with Crippen LogP contribution >= 0.6 is 12.2 Å². The Balaban J connectivity index is 1.54. The van der Waals surface area contributed by atoms with Crippen LogP contribution in [0.15, 0.2) is 12.1 Å². The molecule has 0 amide bonds. The number of aryl methyl sites for hydroxylation is 1. The molecule has 6 nitrogen and oxygen atoms in total. The number of fused-ring (bicyclic) bond motifs is 2. The molecule has 2 aromatic rings. The zero-order valence-corrected chi connectivity index (χ0v) is 16.4. The van der Waals surface area contributed by atoms with Gasteiger partial charge in [-0.15, -0.1) is 0 Å². The summed E-state index contributed by atoms with van der Waals surface area (Å²) in [7, 11) is 3.38. The first-order valence-corrected chi connectivity index (χ1v) is 9.84. The van der Waals surface area contributed by atoms with Crippen molar-refractivity contribution in [1.82, 2.24) is 14.3 Å². The summed E-state index contributed by atoms with van der Waals surface area (Å²) in [6, 6.07) is 4.24. The zero-order valence-electron chi connectivity index (χ0n) is 15.6. The first-order valence-electron chi connectivity index (χ1n) is 9.43. The molecular formula is C19H27N4O2S+. The van der Waals surface area contributed by atoms with Gasteiger partial charge in [-0.25, -0.2) is 0 Å².